The smallest absolute Gasteiger partial charge is 0.330 e. The zero-order valence-corrected chi connectivity index (χ0v) is 8.60. The largest absolute Gasteiger partial charge is 0.355 e. The number of hydrogen-bond acceptors (Lipinski definition) is 3. The van der Waals surface area contributed by atoms with Crippen molar-refractivity contribution in [2.75, 3.05) is 0 Å². The Morgan fingerprint density at radius 3 is 2.93 bits per heavy atom. The number of nitrogens with zero attached hydrogens (tertiary/aromatic N) is 1. The molecule has 1 fully saturated rings. The molecule has 0 bridgehead atoms. The number of aromatic nitrogens is 2. The van der Waals surface area contributed by atoms with Gasteiger partial charge in [-0.25, -0.2) is 4.79 Å². The highest BCUT2D eigenvalue weighted by Crippen LogP contribution is 2.28. The highest BCUT2D eigenvalue weighted by Gasteiger charge is 2.25. The van der Waals surface area contributed by atoms with E-state index < -0.39 is 5.69 Å². The molecule has 0 aromatic carbocycles. The van der Waals surface area contributed by atoms with Crippen molar-refractivity contribution in [2.45, 2.75) is 38.5 Å². The van der Waals surface area contributed by atoms with Crippen molar-refractivity contribution in [2.24, 2.45) is 0 Å². The summed E-state index contributed by atoms with van der Waals surface area (Å²) in [6.45, 7) is 2.06. The molecule has 2 rings (SSSR count). The van der Waals surface area contributed by atoms with Gasteiger partial charge in [-0.2, -0.15) is 0 Å². The zero-order chi connectivity index (χ0) is 10.8. The van der Waals surface area contributed by atoms with E-state index in [1.54, 1.807) is 0 Å². The molecular formula is C10H14N2O3. The van der Waals surface area contributed by atoms with Crippen molar-refractivity contribution in [3.05, 3.63) is 33.1 Å². The predicted molar refractivity (Wildman–Crippen MR) is 54.8 cm³/mol. The van der Waals surface area contributed by atoms with Crippen LogP contribution in [0.15, 0.2) is 21.9 Å². The molecule has 1 saturated heterocycles. The van der Waals surface area contributed by atoms with Crippen LogP contribution in [-0.4, -0.2) is 15.7 Å². The third-order valence-electron chi connectivity index (χ3n) is 2.70. The molecule has 0 aliphatic carbocycles. The molecule has 5 nitrogen and oxygen atoms in total. The van der Waals surface area contributed by atoms with Gasteiger partial charge in [-0.05, 0) is 19.3 Å². The van der Waals surface area contributed by atoms with Gasteiger partial charge in [-0.3, -0.25) is 14.3 Å². The molecule has 0 spiro atoms. The Hall–Kier alpha value is -1.36. The molecule has 1 aromatic heterocycles. The van der Waals surface area contributed by atoms with E-state index >= 15 is 0 Å². The van der Waals surface area contributed by atoms with Gasteiger partial charge in [0.15, 0.2) is 0 Å². The van der Waals surface area contributed by atoms with Crippen molar-refractivity contribution in [3.63, 3.8) is 0 Å². The van der Waals surface area contributed by atoms with Crippen LogP contribution in [0.25, 0.3) is 0 Å². The molecule has 82 valence electrons. The normalized spacial score (nSPS) is 25.7. The van der Waals surface area contributed by atoms with Gasteiger partial charge in [-0.1, -0.05) is 6.92 Å². The first-order valence-corrected chi connectivity index (χ1v) is 5.17. The minimum Gasteiger partial charge on any atom is -0.355 e. The fourth-order valence-electron chi connectivity index (χ4n) is 1.85. The molecule has 0 saturated carbocycles. The van der Waals surface area contributed by atoms with E-state index in [0.717, 1.165) is 19.3 Å². The van der Waals surface area contributed by atoms with Crippen LogP contribution >= 0.6 is 0 Å². The third-order valence-corrected chi connectivity index (χ3v) is 2.70. The van der Waals surface area contributed by atoms with Crippen LogP contribution in [0.2, 0.25) is 0 Å². The van der Waals surface area contributed by atoms with Crippen LogP contribution in [0, 0.1) is 0 Å². The summed E-state index contributed by atoms with van der Waals surface area (Å²) < 4.78 is 7.10. The van der Waals surface area contributed by atoms with Crippen molar-refractivity contribution in [1.29, 1.82) is 0 Å². The number of rotatable bonds is 2. The van der Waals surface area contributed by atoms with Gasteiger partial charge < -0.3 is 4.74 Å². The molecule has 1 aliphatic rings. The average Bonchev–Trinajstić information content (AvgIpc) is 2.66. The number of H-pyrrole nitrogens is 1. The van der Waals surface area contributed by atoms with Crippen LogP contribution < -0.4 is 11.2 Å². The molecule has 2 heterocycles. The molecule has 15 heavy (non-hydrogen) atoms. The van der Waals surface area contributed by atoms with Crippen LogP contribution in [0.3, 0.4) is 0 Å². The van der Waals surface area contributed by atoms with Gasteiger partial charge in [0.05, 0.1) is 6.10 Å². The Labute approximate surface area is 86.7 Å². The van der Waals surface area contributed by atoms with Crippen LogP contribution in [0.1, 0.15) is 32.4 Å². The second-order valence-electron chi connectivity index (χ2n) is 3.72. The van der Waals surface area contributed by atoms with Crippen LogP contribution in [-0.2, 0) is 4.74 Å². The topological polar surface area (TPSA) is 64.1 Å². The highest BCUT2D eigenvalue weighted by atomic mass is 16.5. The first-order chi connectivity index (χ1) is 7.20. The van der Waals surface area contributed by atoms with E-state index in [-0.39, 0.29) is 17.9 Å². The molecule has 2 atom stereocenters. The summed E-state index contributed by atoms with van der Waals surface area (Å²) in [6, 6.07) is 1.34. The Morgan fingerprint density at radius 2 is 2.33 bits per heavy atom. The molecule has 5 heteroatoms. The van der Waals surface area contributed by atoms with Crippen molar-refractivity contribution in [3.8, 4) is 0 Å². The zero-order valence-electron chi connectivity index (χ0n) is 8.60. The van der Waals surface area contributed by atoms with E-state index in [1.807, 2.05) is 0 Å². The van der Waals surface area contributed by atoms with Crippen molar-refractivity contribution < 1.29 is 4.74 Å². The van der Waals surface area contributed by atoms with Gasteiger partial charge in [-0.15, -0.1) is 0 Å². The fraction of sp³-hybridized carbons (Fsp3) is 0.600. The van der Waals surface area contributed by atoms with E-state index in [4.69, 9.17) is 4.74 Å². The molecule has 0 radical (unpaired) electrons. The summed E-state index contributed by atoms with van der Waals surface area (Å²) in [5.74, 6) is 0. The number of aromatic amines is 1. The minimum atomic E-state index is -0.399. The van der Waals surface area contributed by atoms with Crippen LogP contribution in [0.5, 0.6) is 0 Å². The first-order valence-electron chi connectivity index (χ1n) is 5.17. The summed E-state index contributed by atoms with van der Waals surface area (Å²) >= 11 is 0. The van der Waals surface area contributed by atoms with Gasteiger partial charge in [0.2, 0.25) is 0 Å². The molecule has 1 aliphatic heterocycles. The lowest BCUT2D eigenvalue weighted by molar-refractivity contribution is -0.00200. The Morgan fingerprint density at radius 1 is 1.53 bits per heavy atom. The maximum atomic E-state index is 11.4. The SMILES string of the molecule is CCC1CCC(n2ccc(=O)[nH]c2=O)O1. The molecule has 1 aromatic rings. The Balaban J connectivity index is 2.24. The standard InChI is InChI=1S/C10H14N2O3/c1-2-7-3-4-9(15-7)12-6-5-8(13)11-10(12)14/h5-7,9H,2-4H2,1H3,(H,11,13,14). The summed E-state index contributed by atoms with van der Waals surface area (Å²) in [5.41, 5.74) is -0.773. The van der Waals surface area contributed by atoms with E-state index in [9.17, 15) is 9.59 Å². The molecular weight excluding hydrogens is 196 g/mol. The van der Waals surface area contributed by atoms with E-state index in [0.29, 0.717) is 0 Å². The van der Waals surface area contributed by atoms with E-state index in [1.165, 1.54) is 16.8 Å². The maximum Gasteiger partial charge on any atom is 0.330 e. The second-order valence-corrected chi connectivity index (χ2v) is 3.72. The monoisotopic (exact) mass is 210 g/mol. The predicted octanol–water partition coefficient (Wildman–Crippen LogP) is 0.624. The fourth-order valence-corrected chi connectivity index (χ4v) is 1.85. The third kappa shape index (κ3) is 2.02. The molecule has 0 amide bonds. The van der Waals surface area contributed by atoms with Crippen LogP contribution in [0.4, 0.5) is 0 Å². The average molecular weight is 210 g/mol. The van der Waals surface area contributed by atoms with Gasteiger partial charge in [0.1, 0.15) is 6.23 Å². The Bertz CT molecular complexity index is 448. The second kappa shape index (κ2) is 4.02. The first kappa shape index (κ1) is 10.2. The maximum absolute atomic E-state index is 11.4. The molecule has 1 N–H and O–H groups in total. The highest BCUT2D eigenvalue weighted by molar-refractivity contribution is 4.85. The number of hydrogen-bond donors (Lipinski definition) is 1. The number of nitrogens with one attached hydrogen (secondary N) is 1. The lowest BCUT2D eigenvalue weighted by Gasteiger charge is -2.14. The summed E-state index contributed by atoms with van der Waals surface area (Å²) in [7, 11) is 0. The lowest BCUT2D eigenvalue weighted by atomic mass is 10.2. The van der Waals surface area contributed by atoms with E-state index in [2.05, 4.69) is 11.9 Å². The lowest BCUT2D eigenvalue weighted by Crippen LogP contribution is -2.31. The van der Waals surface area contributed by atoms with Crippen molar-refractivity contribution >= 4 is 0 Å². The van der Waals surface area contributed by atoms with Gasteiger partial charge in [0.25, 0.3) is 5.56 Å². The number of ether oxygens (including phenoxy) is 1. The van der Waals surface area contributed by atoms with Crippen molar-refractivity contribution in [1.82, 2.24) is 9.55 Å². The summed E-state index contributed by atoms with van der Waals surface area (Å²) in [6.07, 6.45) is 4.24. The quantitative estimate of drug-likeness (QED) is 0.778. The van der Waals surface area contributed by atoms with Gasteiger partial charge >= 0.3 is 5.69 Å². The summed E-state index contributed by atoms with van der Waals surface area (Å²) in [5, 5.41) is 0. The summed E-state index contributed by atoms with van der Waals surface area (Å²) in [4.78, 5) is 24.5. The molecule has 2 unspecified atom stereocenters. The minimum absolute atomic E-state index is 0.223. The van der Waals surface area contributed by atoms with Gasteiger partial charge in [0, 0.05) is 12.3 Å². The Kier molecular flexibility index (Phi) is 2.73.